The van der Waals surface area contributed by atoms with Gasteiger partial charge in [-0.3, -0.25) is 9.59 Å². The zero-order valence-electron chi connectivity index (χ0n) is 13.0. The summed E-state index contributed by atoms with van der Waals surface area (Å²) in [5.41, 5.74) is -3.87. The van der Waals surface area contributed by atoms with E-state index in [9.17, 15) is 22.8 Å². The minimum atomic E-state index is -4.79. The van der Waals surface area contributed by atoms with E-state index < -0.39 is 28.4 Å². The molecule has 1 N–H and O–H groups in total. The van der Waals surface area contributed by atoms with Gasteiger partial charge >= 0.3 is 17.3 Å². The number of halogens is 3. The molecule has 0 aliphatic carbocycles. The van der Waals surface area contributed by atoms with Crippen LogP contribution < -0.4 is 16.0 Å². The number of alkyl halides is 3. The van der Waals surface area contributed by atoms with E-state index in [0.29, 0.717) is 16.4 Å². The van der Waals surface area contributed by atoms with Crippen molar-refractivity contribution in [1.82, 2.24) is 9.71 Å². The van der Waals surface area contributed by atoms with Crippen LogP contribution >= 0.6 is 0 Å². The van der Waals surface area contributed by atoms with Gasteiger partial charge in [-0.1, -0.05) is 30.3 Å². The van der Waals surface area contributed by atoms with E-state index in [-0.39, 0.29) is 17.6 Å². The first-order valence-electron chi connectivity index (χ1n) is 7.29. The van der Waals surface area contributed by atoms with Gasteiger partial charge in [0.2, 0.25) is 0 Å². The molecule has 0 aliphatic heterocycles. The first-order chi connectivity index (χ1) is 12.3. The van der Waals surface area contributed by atoms with Gasteiger partial charge in [0.05, 0.1) is 22.7 Å². The molecule has 3 aromatic rings. The topological polar surface area (TPSA) is 87.9 Å². The fourth-order valence-electron chi connectivity index (χ4n) is 2.40. The summed E-state index contributed by atoms with van der Waals surface area (Å²) in [7, 11) is 0. The van der Waals surface area contributed by atoms with E-state index in [2.05, 4.69) is 4.98 Å². The van der Waals surface area contributed by atoms with Crippen LogP contribution in [-0.2, 0) is 12.8 Å². The molecule has 132 valence electrons. The van der Waals surface area contributed by atoms with Crippen LogP contribution in [0.25, 0.3) is 11.0 Å². The van der Waals surface area contributed by atoms with Gasteiger partial charge in [-0.05, 0) is 17.7 Å². The second-order valence-corrected chi connectivity index (χ2v) is 5.34. The number of H-pyrrole nitrogens is 1. The Morgan fingerprint density at radius 3 is 2.46 bits per heavy atom. The number of aromatic nitrogens is 2. The molecule has 26 heavy (non-hydrogen) atoms. The first kappa shape index (κ1) is 17.3. The van der Waals surface area contributed by atoms with Crippen LogP contribution in [0.4, 0.5) is 13.2 Å². The van der Waals surface area contributed by atoms with Crippen LogP contribution in [0.5, 0.6) is 0 Å². The zero-order valence-corrected chi connectivity index (χ0v) is 13.0. The van der Waals surface area contributed by atoms with Crippen LogP contribution in [-0.4, -0.2) is 9.71 Å². The number of aromatic amines is 1. The average Bonchev–Trinajstić information content (AvgIpc) is 2.61. The Bertz CT molecular complexity index is 1130. The highest BCUT2D eigenvalue weighted by molar-refractivity contribution is 5.77. The summed E-state index contributed by atoms with van der Waals surface area (Å²) in [5, 5.41) is 9.01. The summed E-state index contributed by atoms with van der Waals surface area (Å²) in [6, 6.07) is 11.6. The lowest BCUT2D eigenvalue weighted by Crippen LogP contribution is -2.39. The van der Waals surface area contributed by atoms with Gasteiger partial charge < -0.3 is 9.82 Å². The molecule has 0 saturated carbocycles. The molecule has 0 bridgehead atoms. The zero-order chi connectivity index (χ0) is 18.9. The van der Waals surface area contributed by atoms with Crippen LogP contribution in [0, 0.1) is 11.3 Å². The van der Waals surface area contributed by atoms with Crippen molar-refractivity contribution in [2.24, 2.45) is 0 Å². The number of nitriles is 1. The van der Waals surface area contributed by atoms with Crippen molar-refractivity contribution < 1.29 is 18.0 Å². The molecule has 3 rings (SSSR count). The number of hydrogen-bond donors (Lipinski definition) is 1. The third kappa shape index (κ3) is 3.17. The maximum Gasteiger partial charge on any atom is 0.417 e. The van der Waals surface area contributed by atoms with E-state index in [1.54, 1.807) is 30.3 Å². The van der Waals surface area contributed by atoms with Gasteiger partial charge in [0.1, 0.15) is 12.1 Å². The molecule has 1 heterocycles. The van der Waals surface area contributed by atoms with Crippen molar-refractivity contribution in [3.05, 3.63) is 79.9 Å². The van der Waals surface area contributed by atoms with Crippen molar-refractivity contribution in [2.45, 2.75) is 12.8 Å². The standard InChI is InChI=1S/C17H10F3N3O3/c18-17(19,20)12-7-13-14(6-11(12)8-21)23(16(25)15(24)22-13)26-9-10-4-2-1-3-5-10/h1-7H,9H2,(H,22,24). The highest BCUT2D eigenvalue weighted by atomic mass is 19.4. The van der Waals surface area contributed by atoms with Gasteiger partial charge in [-0.15, -0.1) is 4.73 Å². The molecule has 0 atom stereocenters. The fraction of sp³-hybridized carbons (Fsp3) is 0.118. The molecule has 0 unspecified atom stereocenters. The fourth-order valence-corrected chi connectivity index (χ4v) is 2.40. The van der Waals surface area contributed by atoms with Crippen molar-refractivity contribution >= 4 is 11.0 Å². The van der Waals surface area contributed by atoms with Crippen molar-refractivity contribution in [3.8, 4) is 6.07 Å². The molecule has 0 aliphatic rings. The molecule has 0 amide bonds. The molecule has 0 radical (unpaired) electrons. The van der Waals surface area contributed by atoms with E-state index in [1.807, 2.05) is 0 Å². The lowest BCUT2D eigenvalue weighted by atomic mass is 10.1. The lowest BCUT2D eigenvalue weighted by Gasteiger charge is -2.14. The summed E-state index contributed by atoms with van der Waals surface area (Å²) >= 11 is 0. The van der Waals surface area contributed by atoms with Gasteiger partial charge in [0, 0.05) is 0 Å². The Hall–Kier alpha value is -3.54. The van der Waals surface area contributed by atoms with Gasteiger partial charge in [0.25, 0.3) is 0 Å². The summed E-state index contributed by atoms with van der Waals surface area (Å²) in [4.78, 5) is 31.3. The molecule has 0 spiro atoms. The van der Waals surface area contributed by atoms with Crippen LogP contribution in [0.1, 0.15) is 16.7 Å². The number of fused-ring (bicyclic) bond motifs is 1. The van der Waals surface area contributed by atoms with Crippen molar-refractivity contribution in [2.75, 3.05) is 0 Å². The number of hydrogen-bond acceptors (Lipinski definition) is 4. The van der Waals surface area contributed by atoms with Gasteiger partial charge in [0.15, 0.2) is 0 Å². The highest BCUT2D eigenvalue weighted by Gasteiger charge is 2.34. The van der Waals surface area contributed by atoms with E-state index >= 15 is 0 Å². The molecule has 1 aromatic heterocycles. The molecule has 6 nitrogen and oxygen atoms in total. The largest absolute Gasteiger partial charge is 0.417 e. The Labute approximate surface area is 143 Å². The number of rotatable bonds is 3. The third-order valence-electron chi connectivity index (χ3n) is 3.61. The van der Waals surface area contributed by atoms with Gasteiger partial charge in [-0.25, -0.2) is 0 Å². The quantitative estimate of drug-likeness (QED) is 0.725. The monoisotopic (exact) mass is 361 g/mol. The van der Waals surface area contributed by atoms with Crippen LogP contribution in [0.15, 0.2) is 52.1 Å². The van der Waals surface area contributed by atoms with E-state index in [4.69, 9.17) is 10.1 Å². The first-order valence-corrected chi connectivity index (χ1v) is 7.29. The Balaban J connectivity index is 2.19. The maximum atomic E-state index is 13.1. The highest BCUT2D eigenvalue weighted by Crippen LogP contribution is 2.33. The smallest absolute Gasteiger partial charge is 0.405 e. The van der Waals surface area contributed by atoms with Crippen LogP contribution in [0.3, 0.4) is 0 Å². The Morgan fingerprint density at radius 2 is 1.85 bits per heavy atom. The predicted octanol–water partition coefficient (Wildman–Crippen LogP) is 2.21. The number of nitrogens with zero attached hydrogens (tertiary/aromatic N) is 2. The second kappa shape index (κ2) is 6.40. The SMILES string of the molecule is N#Cc1cc2c(cc1C(F)(F)F)[nH]c(=O)c(=O)n2OCc1ccccc1. The molecular formula is C17H10F3N3O3. The Morgan fingerprint density at radius 1 is 1.15 bits per heavy atom. The van der Waals surface area contributed by atoms with Crippen molar-refractivity contribution in [3.63, 3.8) is 0 Å². The average molecular weight is 361 g/mol. The van der Waals surface area contributed by atoms with Crippen molar-refractivity contribution in [1.29, 1.82) is 5.26 Å². The summed E-state index contributed by atoms with van der Waals surface area (Å²) in [5.74, 6) is 0. The Kier molecular flexibility index (Phi) is 4.26. The molecular weight excluding hydrogens is 351 g/mol. The molecule has 2 aromatic carbocycles. The summed E-state index contributed by atoms with van der Waals surface area (Å²) in [6.45, 7) is -0.0950. The normalized spacial score (nSPS) is 11.3. The molecule has 9 heteroatoms. The van der Waals surface area contributed by atoms with E-state index in [0.717, 1.165) is 6.07 Å². The number of nitrogens with one attached hydrogen (secondary N) is 1. The predicted molar refractivity (Wildman–Crippen MR) is 85.3 cm³/mol. The minimum Gasteiger partial charge on any atom is -0.405 e. The third-order valence-corrected chi connectivity index (χ3v) is 3.61. The van der Waals surface area contributed by atoms with E-state index in [1.165, 1.54) is 6.07 Å². The summed E-state index contributed by atoms with van der Waals surface area (Å²) < 4.78 is 39.8. The number of benzene rings is 2. The summed E-state index contributed by atoms with van der Waals surface area (Å²) in [6.07, 6.45) is -4.79. The lowest BCUT2D eigenvalue weighted by molar-refractivity contribution is -0.137. The van der Waals surface area contributed by atoms with Crippen LogP contribution in [0.2, 0.25) is 0 Å². The molecule has 0 saturated heterocycles. The second-order valence-electron chi connectivity index (χ2n) is 5.34. The maximum absolute atomic E-state index is 13.1. The van der Waals surface area contributed by atoms with Gasteiger partial charge in [-0.2, -0.15) is 18.4 Å². The minimum absolute atomic E-state index is 0.0950. The molecule has 0 fully saturated rings.